The van der Waals surface area contributed by atoms with Gasteiger partial charge in [-0.2, -0.15) is 13.2 Å². The molecule has 3 rings (SSSR count). The van der Waals surface area contributed by atoms with Gasteiger partial charge in [-0.3, -0.25) is 9.53 Å². The van der Waals surface area contributed by atoms with Crippen LogP contribution in [0.3, 0.4) is 0 Å². The molecule has 1 aliphatic heterocycles. The number of aromatic nitrogens is 2. The summed E-state index contributed by atoms with van der Waals surface area (Å²) in [5, 5.41) is 13.2. The van der Waals surface area contributed by atoms with E-state index in [-0.39, 0.29) is 36.4 Å². The number of amides is 1. The smallest absolute Gasteiger partial charge is 0.484 e. The Balaban J connectivity index is 1.35. The van der Waals surface area contributed by atoms with Crippen LogP contribution in [0.4, 0.5) is 26.3 Å². The lowest BCUT2D eigenvalue weighted by molar-refractivity contribution is -0.325. The minimum absolute atomic E-state index is 0.129. The number of hydrogen-bond donors (Lipinski definition) is 2. The number of carbonyl (C=O) groups is 1. The Kier molecular flexibility index (Phi) is 8.19. The first kappa shape index (κ1) is 25.6. The van der Waals surface area contributed by atoms with Gasteiger partial charge in [0.05, 0.1) is 18.2 Å². The second-order valence-corrected chi connectivity index (χ2v) is 7.16. The maximum absolute atomic E-state index is 12.6. The molecule has 1 aliphatic rings. The molecule has 0 aliphatic carbocycles. The highest BCUT2D eigenvalue weighted by Gasteiger charge is 2.31. The highest BCUT2D eigenvalue weighted by molar-refractivity contribution is 5.77. The Morgan fingerprint density at radius 1 is 1.06 bits per heavy atom. The Hall–Kier alpha value is -3.07. The van der Waals surface area contributed by atoms with Gasteiger partial charge in [-0.25, -0.2) is 0 Å². The maximum atomic E-state index is 12.6. The third-order valence-electron chi connectivity index (χ3n) is 4.63. The zero-order chi connectivity index (χ0) is 24.8. The van der Waals surface area contributed by atoms with Crippen LogP contribution in [0.2, 0.25) is 0 Å². The van der Waals surface area contributed by atoms with Gasteiger partial charge in [-0.1, -0.05) is 5.10 Å². The van der Waals surface area contributed by atoms with Crippen molar-refractivity contribution in [2.75, 3.05) is 26.4 Å². The molecule has 2 aromatic rings. The molecule has 1 amide bonds. The fourth-order valence-electron chi connectivity index (χ4n) is 3.05. The molecule has 1 aromatic heterocycles. The molecule has 188 valence electrons. The van der Waals surface area contributed by atoms with Crippen molar-refractivity contribution < 1.29 is 49.8 Å². The quantitative estimate of drug-likeness (QED) is 0.402. The van der Waals surface area contributed by atoms with Crippen molar-refractivity contribution >= 4 is 5.91 Å². The molecular formula is C19H20F6N4O5. The van der Waals surface area contributed by atoms with Gasteiger partial charge in [0.2, 0.25) is 5.89 Å². The molecule has 1 fully saturated rings. The predicted octanol–water partition coefficient (Wildman–Crippen LogP) is 2.99. The van der Waals surface area contributed by atoms with Crippen molar-refractivity contribution in [3.8, 4) is 11.8 Å². The first-order valence-corrected chi connectivity index (χ1v) is 9.99. The second-order valence-electron chi connectivity index (χ2n) is 7.16. The van der Waals surface area contributed by atoms with Gasteiger partial charge < -0.3 is 24.5 Å². The van der Waals surface area contributed by atoms with E-state index in [1.165, 1.54) is 0 Å². The monoisotopic (exact) mass is 498 g/mol. The van der Waals surface area contributed by atoms with Crippen molar-refractivity contribution in [1.82, 2.24) is 20.8 Å². The zero-order valence-corrected chi connectivity index (χ0v) is 17.4. The van der Waals surface area contributed by atoms with E-state index in [1.807, 2.05) is 0 Å². The van der Waals surface area contributed by atoms with Crippen LogP contribution in [0.15, 0.2) is 28.7 Å². The normalized spacial score (nSPS) is 19.0. The van der Waals surface area contributed by atoms with Crippen LogP contribution in [0.1, 0.15) is 30.3 Å². The summed E-state index contributed by atoms with van der Waals surface area (Å²) in [6.07, 6.45) is -8.46. The number of halogens is 6. The molecule has 0 radical (unpaired) electrons. The van der Waals surface area contributed by atoms with Crippen molar-refractivity contribution in [3.63, 3.8) is 0 Å². The topological polar surface area (TPSA) is 108 Å². The van der Waals surface area contributed by atoms with Crippen molar-refractivity contribution in [2.45, 2.75) is 37.5 Å². The zero-order valence-electron chi connectivity index (χ0n) is 17.4. The molecule has 2 N–H and O–H groups in total. The molecule has 1 aromatic carbocycles. The highest BCUT2D eigenvalue weighted by Crippen LogP contribution is 2.30. The minimum Gasteiger partial charge on any atom is -0.484 e. The van der Waals surface area contributed by atoms with E-state index < -0.39 is 37.2 Å². The van der Waals surface area contributed by atoms with Crippen LogP contribution in [0.5, 0.6) is 11.8 Å². The summed E-state index contributed by atoms with van der Waals surface area (Å²) in [6, 6.07) is 3.42. The lowest BCUT2D eigenvalue weighted by Crippen LogP contribution is -2.48. The lowest BCUT2D eigenvalue weighted by atomic mass is 10.0. The van der Waals surface area contributed by atoms with Gasteiger partial charge in [-0.05, 0) is 37.1 Å². The summed E-state index contributed by atoms with van der Waals surface area (Å²) < 4.78 is 92.4. The second kappa shape index (κ2) is 10.9. The van der Waals surface area contributed by atoms with E-state index in [0.29, 0.717) is 19.4 Å². The molecule has 9 nitrogen and oxygen atoms in total. The molecule has 2 atom stereocenters. The fraction of sp³-hybridized carbons (Fsp3) is 0.526. The molecule has 34 heavy (non-hydrogen) atoms. The van der Waals surface area contributed by atoms with Crippen molar-refractivity contribution in [1.29, 1.82) is 0 Å². The van der Waals surface area contributed by atoms with Crippen molar-refractivity contribution in [2.24, 2.45) is 0 Å². The van der Waals surface area contributed by atoms with Gasteiger partial charge in [0.25, 0.3) is 5.91 Å². The van der Waals surface area contributed by atoms with E-state index in [4.69, 9.17) is 13.9 Å². The van der Waals surface area contributed by atoms with E-state index in [9.17, 15) is 31.1 Å². The van der Waals surface area contributed by atoms with E-state index in [2.05, 4.69) is 25.6 Å². The number of ether oxygens (including phenoxy) is 3. The third kappa shape index (κ3) is 8.06. The standard InChI is InChI=1S/C19H20F6N4O5/c20-18(21,22)11-1-4-13(5-2-11)32-10-15(30)27-12-3-6-14(26-9-12)16-28-29-17(34-16)31-7-8-33-19(23,24)25/h1-2,4-5,12,14,26H,3,6-10H2,(H,27,30)/t12-,14+/m0/s1. The van der Waals surface area contributed by atoms with Crippen LogP contribution in [0, 0.1) is 0 Å². The SMILES string of the molecule is O=C(COc1ccc(C(F)(F)F)cc1)N[C@H]1CC[C@H](c2nnc(OCCOC(F)(F)F)o2)NC1. The summed E-state index contributed by atoms with van der Waals surface area (Å²) in [5.41, 5.74) is -0.817. The molecule has 2 heterocycles. The minimum atomic E-state index is -4.75. The summed E-state index contributed by atoms with van der Waals surface area (Å²) >= 11 is 0. The fourth-order valence-corrected chi connectivity index (χ4v) is 3.05. The van der Waals surface area contributed by atoms with Gasteiger partial charge in [0.1, 0.15) is 12.4 Å². The highest BCUT2D eigenvalue weighted by atomic mass is 19.4. The lowest BCUT2D eigenvalue weighted by Gasteiger charge is -2.28. The molecule has 0 spiro atoms. The Bertz CT molecular complexity index is 926. The molecule has 0 unspecified atom stereocenters. The molecule has 15 heteroatoms. The summed E-state index contributed by atoms with van der Waals surface area (Å²) in [6.45, 7) is -1.17. The summed E-state index contributed by atoms with van der Waals surface area (Å²) in [4.78, 5) is 12.1. The summed E-state index contributed by atoms with van der Waals surface area (Å²) in [5.74, 6) is -0.133. The number of carbonyl (C=O) groups excluding carboxylic acids is 1. The number of alkyl halides is 6. The average molecular weight is 498 g/mol. The Labute approximate surface area is 188 Å². The largest absolute Gasteiger partial charge is 0.522 e. The van der Waals surface area contributed by atoms with E-state index in [0.717, 1.165) is 24.3 Å². The number of piperidine rings is 1. The number of hydrogen-bond acceptors (Lipinski definition) is 8. The van der Waals surface area contributed by atoms with Crippen molar-refractivity contribution in [3.05, 3.63) is 35.7 Å². The molecular weight excluding hydrogens is 478 g/mol. The van der Waals surface area contributed by atoms with Crippen LogP contribution in [0.25, 0.3) is 0 Å². The molecule has 0 bridgehead atoms. The van der Waals surface area contributed by atoms with Gasteiger partial charge in [0.15, 0.2) is 6.61 Å². The first-order chi connectivity index (χ1) is 16.0. The van der Waals surface area contributed by atoms with Gasteiger partial charge >= 0.3 is 18.6 Å². The maximum Gasteiger partial charge on any atom is 0.522 e. The number of benzene rings is 1. The summed E-state index contributed by atoms with van der Waals surface area (Å²) in [7, 11) is 0. The average Bonchev–Trinajstić information content (AvgIpc) is 3.24. The number of rotatable bonds is 9. The molecule has 0 saturated carbocycles. The van der Waals surface area contributed by atoms with Crippen LogP contribution < -0.4 is 20.1 Å². The number of nitrogens with one attached hydrogen (secondary N) is 2. The Morgan fingerprint density at radius 3 is 2.41 bits per heavy atom. The third-order valence-corrected chi connectivity index (χ3v) is 4.63. The first-order valence-electron chi connectivity index (χ1n) is 9.99. The van der Waals surface area contributed by atoms with Gasteiger partial charge in [-0.15, -0.1) is 18.3 Å². The van der Waals surface area contributed by atoms with Crippen LogP contribution in [-0.4, -0.2) is 54.9 Å². The molecule has 1 saturated heterocycles. The predicted molar refractivity (Wildman–Crippen MR) is 101 cm³/mol. The van der Waals surface area contributed by atoms with Gasteiger partial charge in [0, 0.05) is 12.6 Å². The van der Waals surface area contributed by atoms with Crippen LogP contribution >= 0.6 is 0 Å². The number of nitrogens with zero attached hydrogens (tertiary/aromatic N) is 2. The van der Waals surface area contributed by atoms with E-state index in [1.54, 1.807) is 0 Å². The van der Waals surface area contributed by atoms with E-state index >= 15 is 0 Å². The Morgan fingerprint density at radius 2 is 1.79 bits per heavy atom. The van der Waals surface area contributed by atoms with Crippen LogP contribution in [-0.2, 0) is 15.7 Å².